The first-order valence-electron chi connectivity index (χ1n) is 6.50. The lowest BCUT2D eigenvalue weighted by atomic mass is 10.1. The third-order valence-corrected chi connectivity index (χ3v) is 3.14. The van der Waals surface area contributed by atoms with Crippen molar-refractivity contribution in [2.75, 3.05) is 5.32 Å². The molecule has 7 heteroatoms. The van der Waals surface area contributed by atoms with Crippen molar-refractivity contribution in [3.8, 4) is 0 Å². The second-order valence-electron chi connectivity index (χ2n) is 5.17. The molecule has 0 bridgehead atoms. The van der Waals surface area contributed by atoms with Gasteiger partial charge in [0, 0.05) is 19.0 Å². The summed E-state index contributed by atoms with van der Waals surface area (Å²) in [5, 5.41) is 15.8. The van der Waals surface area contributed by atoms with Crippen molar-refractivity contribution in [1.82, 2.24) is 9.78 Å². The van der Waals surface area contributed by atoms with Crippen LogP contribution in [-0.2, 0) is 21.5 Å². The number of anilines is 1. The van der Waals surface area contributed by atoms with Crippen molar-refractivity contribution >= 4 is 17.6 Å². The van der Waals surface area contributed by atoms with E-state index in [0.29, 0.717) is 12.1 Å². The molecule has 1 amide bonds. The second kappa shape index (κ2) is 5.82. The number of hydrogen-bond acceptors (Lipinski definition) is 4. The first kappa shape index (κ1) is 14.8. The molecule has 2 heterocycles. The molecule has 0 aliphatic carbocycles. The van der Waals surface area contributed by atoms with Gasteiger partial charge in [-0.1, -0.05) is 0 Å². The van der Waals surface area contributed by atoms with Crippen LogP contribution in [0.1, 0.15) is 26.0 Å². The molecule has 7 nitrogen and oxygen atoms in total. The van der Waals surface area contributed by atoms with Crippen molar-refractivity contribution in [3.63, 3.8) is 0 Å². The second-order valence-corrected chi connectivity index (χ2v) is 5.17. The Morgan fingerprint density at radius 2 is 2.24 bits per heavy atom. The molecule has 2 rings (SSSR count). The van der Waals surface area contributed by atoms with E-state index < -0.39 is 11.5 Å². The average Bonchev–Trinajstić information content (AvgIpc) is 3.07. The van der Waals surface area contributed by atoms with Gasteiger partial charge in [-0.15, -0.1) is 0 Å². The fourth-order valence-electron chi connectivity index (χ4n) is 1.71. The third kappa shape index (κ3) is 3.50. The average molecular weight is 291 g/mol. The fourth-order valence-corrected chi connectivity index (χ4v) is 1.71. The minimum Gasteiger partial charge on any atom is -0.479 e. The zero-order valence-corrected chi connectivity index (χ0v) is 11.9. The summed E-state index contributed by atoms with van der Waals surface area (Å²) in [6.07, 6.45) is 5.27. The number of carbonyl (C=O) groups is 2. The van der Waals surface area contributed by atoms with Crippen LogP contribution in [0.2, 0.25) is 0 Å². The van der Waals surface area contributed by atoms with Gasteiger partial charge >= 0.3 is 5.97 Å². The summed E-state index contributed by atoms with van der Waals surface area (Å²) in [5.41, 5.74) is -0.703. The molecule has 0 fully saturated rings. The van der Waals surface area contributed by atoms with Gasteiger partial charge in [0.2, 0.25) is 5.91 Å². The zero-order chi connectivity index (χ0) is 15.5. The van der Waals surface area contributed by atoms with Gasteiger partial charge in [0.15, 0.2) is 5.54 Å². The number of aliphatic carboxylic acids is 1. The highest BCUT2D eigenvalue weighted by molar-refractivity contribution is 5.90. The zero-order valence-electron chi connectivity index (χ0n) is 11.9. The van der Waals surface area contributed by atoms with Crippen LogP contribution in [0.5, 0.6) is 0 Å². The fraction of sp³-hybridized carbons (Fsp3) is 0.357. The molecule has 0 aliphatic rings. The minimum atomic E-state index is -1.17. The third-order valence-electron chi connectivity index (χ3n) is 3.14. The Bertz CT molecular complexity index is 628. The summed E-state index contributed by atoms with van der Waals surface area (Å²) < 4.78 is 6.45. The highest BCUT2D eigenvalue weighted by Crippen LogP contribution is 2.17. The molecule has 2 N–H and O–H groups in total. The normalized spacial score (nSPS) is 11.3. The van der Waals surface area contributed by atoms with Crippen LogP contribution in [0.25, 0.3) is 0 Å². The molecule has 21 heavy (non-hydrogen) atoms. The first-order chi connectivity index (χ1) is 9.89. The van der Waals surface area contributed by atoms with Gasteiger partial charge in [-0.05, 0) is 26.0 Å². The van der Waals surface area contributed by atoms with Crippen molar-refractivity contribution in [1.29, 1.82) is 0 Å². The molecular formula is C14H17N3O4. The van der Waals surface area contributed by atoms with Crippen molar-refractivity contribution in [2.45, 2.75) is 32.2 Å². The molecule has 0 unspecified atom stereocenters. The number of furan rings is 1. The Hall–Kier alpha value is -2.57. The van der Waals surface area contributed by atoms with E-state index in [1.54, 1.807) is 18.4 Å². The minimum absolute atomic E-state index is 0.181. The summed E-state index contributed by atoms with van der Waals surface area (Å²) in [6, 6.07) is 3.58. The Morgan fingerprint density at radius 1 is 1.48 bits per heavy atom. The maximum absolute atomic E-state index is 11.8. The maximum atomic E-state index is 11.8. The standard InChI is InChI=1S/C14H17N3O4/c1-14(2,13(19)20)17-9-10(8-15-17)16-12(18)6-5-11-4-3-7-21-11/h3-4,7-9H,5-6H2,1-2H3,(H,16,18)(H,19,20). The number of hydrogen-bond donors (Lipinski definition) is 2. The van der Waals surface area contributed by atoms with Crippen LogP contribution in [-0.4, -0.2) is 26.8 Å². The lowest BCUT2D eigenvalue weighted by molar-refractivity contribution is -0.146. The molecule has 0 aromatic carbocycles. The first-order valence-corrected chi connectivity index (χ1v) is 6.50. The molecule has 0 saturated carbocycles. The van der Waals surface area contributed by atoms with Gasteiger partial charge in [0.1, 0.15) is 5.76 Å². The van der Waals surface area contributed by atoms with Crippen LogP contribution >= 0.6 is 0 Å². The Labute approximate surface area is 121 Å². The maximum Gasteiger partial charge on any atom is 0.331 e. The Kier molecular flexibility index (Phi) is 4.11. The van der Waals surface area contributed by atoms with Crippen molar-refractivity contribution in [3.05, 3.63) is 36.5 Å². The predicted octanol–water partition coefficient (Wildman–Crippen LogP) is 1.87. The van der Waals surface area contributed by atoms with E-state index in [1.165, 1.54) is 30.9 Å². The van der Waals surface area contributed by atoms with E-state index in [0.717, 1.165) is 5.76 Å². The number of carbonyl (C=O) groups excluding carboxylic acids is 1. The van der Waals surface area contributed by atoms with Crippen LogP contribution < -0.4 is 5.32 Å². The highest BCUT2D eigenvalue weighted by atomic mass is 16.4. The van der Waals surface area contributed by atoms with E-state index in [2.05, 4.69) is 10.4 Å². The highest BCUT2D eigenvalue weighted by Gasteiger charge is 2.30. The molecule has 112 valence electrons. The molecule has 0 aliphatic heterocycles. The number of rotatable bonds is 6. The summed E-state index contributed by atoms with van der Waals surface area (Å²) >= 11 is 0. The Balaban J connectivity index is 1.93. The van der Waals surface area contributed by atoms with Gasteiger partial charge in [-0.2, -0.15) is 5.10 Å². The molecule has 2 aromatic rings. The lowest BCUT2D eigenvalue weighted by Crippen LogP contribution is -2.35. The van der Waals surface area contributed by atoms with Crippen molar-refractivity contribution < 1.29 is 19.1 Å². The Morgan fingerprint density at radius 3 is 2.86 bits per heavy atom. The number of aryl methyl sites for hydroxylation is 1. The molecule has 0 spiro atoms. The van der Waals surface area contributed by atoms with Crippen LogP contribution in [0.15, 0.2) is 35.2 Å². The smallest absolute Gasteiger partial charge is 0.331 e. The monoisotopic (exact) mass is 291 g/mol. The van der Waals surface area contributed by atoms with Gasteiger partial charge in [0.25, 0.3) is 0 Å². The topological polar surface area (TPSA) is 97.4 Å². The molecule has 0 radical (unpaired) electrons. The van der Waals surface area contributed by atoms with E-state index in [-0.39, 0.29) is 12.3 Å². The van der Waals surface area contributed by atoms with Crippen LogP contribution in [0.3, 0.4) is 0 Å². The number of carboxylic acids is 1. The van der Waals surface area contributed by atoms with Gasteiger partial charge < -0.3 is 14.8 Å². The van der Waals surface area contributed by atoms with Crippen LogP contribution in [0.4, 0.5) is 5.69 Å². The van der Waals surface area contributed by atoms with Crippen LogP contribution in [0, 0.1) is 0 Å². The number of nitrogens with one attached hydrogen (secondary N) is 1. The van der Waals surface area contributed by atoms with E-state index in [1.807, 2.05) is 0 Å². The number of amides is 1. The number of nitrogens with zero attached hydrogens (tertiary/aromatic N) is 2. The summed E-state index contributed by atoms with van der Waals surface area (Å²) in [5.74, 6) is -0.437. The van der Waals surface area contributed by atoms with Gasteiger partial charge in [-0.3, -0.25) is 9.48 Å². The van der Waals surface area contributed by atoms with Gasteiger partial charge in [-0.25, -0.2) is 4.79 Å². The molecule has 0 atom stereocenters. The summed E-state index contributed by atoms with van der Waals surface area (Å²) in [7, 11) is 0. The largest absolute Gasteiger partial charge is 0.479 e. The summed E-state index contributed by atoms with van der Waals surface area (Å²) in [4.78, 5) is 22.9. The predicted molar refractivity (Wildman–Crippen MR) is 74.8 cm³/mol. The van der Waals surface area contributed by atoms with Crippen molar-refractivity contribution in [2.24, 2.45) is 0 Å². The number of aromatic nitrogens is 2. The molecule has 0 saturated heterocycles. The van der Waals surface area contributed by atoms with Gasteiger partial charge in [0.05, 0.1) is 18.1 Å². The number of carboxylic acid groups (broad SMARTS) is 1. The summed E-state index contributed by atoms with van der Waals surface area (Å²) in [6.45, 7) is 3.07. The molecule has 2 aromatic heterocycles. The SMILES string of the molecule is CC(C)(C(=O)O)n1cc(NC(=O)CCc2ccco2)cn1. The quantitative estimate of drug-likeness (QED) is 0.846. The van der Waals surface area contributed by atoms with E-state index in [4.69, 9.17) is 9.52 Å². The van der Waals surface area contributed by atoms with E-state index in [9.17, 15) is 9.59 Å². The lowest BCUT2D eigenvalue weighted by Gasteiger charge is -2.19. The molecular weight excluding hydrogens is 274 g/mol. The van der Waals surface area contributed by atoms with E-state index >= 15 is 0 Å².